The molecule has 8 nitrogen and oxygen atoms in total. The first-order chi connectivity index (χ1) is 13.5. The number of rotatable bonds is 8. The molecule has 0 saturated carbocycles. The summed E-state index contributed by atoms with van der Waals surface area (Å²) in [6.45, 7) is 3.73. The normalized spacial score (nSPS) is 9.93. The summed E-state index contributed by atoms with van der Waals surface area (Å²) in [5.41, 5.74) is 5.73. The van der Waals surface area contributed by atoms with E-state index in [2.05, 4.69) is 16.2 Å². The van der Waals surface area contributed by atoms with Crippen molar-refractivity contribution in [2.24, 2.45) is 0 Å². The van der Waals surface area contributed by atoms with Crippen molar-refractivity contribution in [3.63, 3.8) is 0 Å². The van der Waals surface area contributed by atoms with E-state index >= 15 is 0 Å². The summed E-state index contributed by atoms with van der Waals surface area (Å²) in [6.07, 6.45) is 0. The lowest BCUT2D eigenvalue weighted by atomic mass is 10.2. The van der Waals surface area contributed by atoms with Gasteiger partial charge in [-0.1, -0.05) is 18.2 Å². The molecule has 0 fully saturated rings. The van der Waals surface area contributed by atoms with Gasteiger partial charge in [0.1, 0.15) is 11.5 Å². The van der Waals surface area contributed by atoms with Crippen molar-refractivity contribution in [3.05, 3.63) is 59.7 Å². The van der Waals surface area contributed by atoms with Crippen LogP contribution in [0.2, 0.25) is 0 Å². The molecule has 3 amide bonds. The second-order valence-corrected chi connectivity index (χ2v) is 5.79. The number of hydrogen-bond donors (Lipinski definition) is 3. The Morgan fingerprint density at radius 2 is 1.57 bits per heavy atom. The third kappa shape index (κ3) is 6.64. The molecule has 148 valence electrons. The zero-order chi connectivity index (χ0) is 20.4. The van der Waals surface area contributed by atoms with E-state index in [-0.39, 0.29) is 13.2 Å². The molecule has 0 saturated heterocycles. The van der Waals surface area contributed by atoms with E-state index in [1.54, 1.807) is 36.4 Å². The highest BCUT2D eigenvalue weighted by Gasteiger charge is 2.10. The van der Waals surface area contributed by atoms with Crippen LogP contribution in [-0.2, 0) is 9.59 Å². The van der Waals surface area contributed by atoms with Crippen molar-refractivity contribution in [1.29, 1.82) is 0 Å². The van der Waals surface area contributed by atoms with Crippen molar-refractivity contribution in [2.75, 3.05) is 19.8 Å². The van der Waals surface area contributed by atoms with Gasteiger partial charge < -0.3 is 14.8 Å². The third-order valence-corrected chi connectivity index (χ3v) is 3.63. The number of para-hydroxylation sites is 1. The summed E-state index contributed by atoms with van der Waals surface area (Å²) in [6, 6.07) is 13.8. The number of carbonyl (C=O) groups excluding carboxylic acids is 3. The largest absolute Gasteiger partial charge is 0.494 e. The van der Waals surface area contributed by atoms with Crippen LogP contribution in [0.15, 0.2) is 48.5 Å². The molecule has 3 N–H and O–H groups in total. The maximum Gasteiger partial charge on any atom is 0.276 e. The number of nitrogens with one attached hydrogen (secondary N) is 3. The standard InChI is InChI=1S/C20H23N3O5/c1-3-27-16-10-8-15(9-11-16)20(26)21-12-18(24)22-23-19(25)13-28-17-7-5-4-6-14(17)2/h4-11H,3,12-13H2,1-2H3,(H,21,26)(H,22,24)(H,23,25). The van der Waals surface area contributed by atoms with Crippen LogP contribution in [0, 0.1) is 6.92 Å². The topological polar surface area (TPSA) is 106 Å². The van der Waals surface area contributed by atoms with E-state index in [0.717, 1.165) is 5.56 Å². The first-order valence-electron chi connectivity index (χ1n) is 8.76. The van der Waals surface area contributed by atoms with E-state index in [4.69, 9.17) is 9.47 Å². The van der Waals surface area contributed by atoms with Crippen molar-refractivity contribution in [3.8, 4) is 11.5 Å². The van der Waals surface area contributed by atoms with Gasteiger partial charge in [0.2, 0.25) is 0 Å². The van der Waals surface area contributed by atoms with Gasteiger partial charge in [-0.2, -0.15) is 0 Å². The predicted octanol–water partition coefficient (Wildman–Crippen LogP) is 1.35. The average molecular weight is 385 g/mol. The second-order valence-electron chi connectivity index (χ2n) is 5.79. The highest BCUT2D eigenvalue weighted by atomic mass is 16.5. The van der Waals surface area contributed by atoms with Gasteiger partial charge in [0.25, 0.3) is 17.7 Å². The second kappa shape index (κ2) is 10.6. The van der Waals surface area contributed by atoms with Crippen molar-refractivity contribution in [1.82, 2.24) is 16.2 Å². The van der Waals surface area contributed by atoms with Crippen molar-refractivity contribution < 1.29 is 23.9 Å². The SMILES string of the molecule is CCOc1ccc(C(=O)NCC(=O)NNC(=O)COc2ccccc2C)cc1. The van der Waals surface area contributed by atoms with Gasteiger partial charge >= 0.3 is 0 Å². The molecule has 0 aliphatic heterocycles. The predicted molar refractivity (Wildman–Crippen MR) is 103 cm³/mol. The molecule has 0 heterocycles. The zero-order valence-electron chi connectivity index (χ0n) is 15.8. The number of aryl methyl sites for hydroxylation is 1. The molecule has 0 aliphatic rings. The first-order valence-corrected chi connectivity index (χ1v) is 8.76. The number of benzene rings is 2. The summed E-state index contributed by atoms with van der Waals surface area (Å²) < 4.78 is 10.7. The van der Waals surface area contributed by atoms with Crippen LogP contribution in [0.5, 0.6) is 11.5 Å². The number of hydrazine groups is 1. The fourth-order valence-electron chi connectivity index (χ4n) is 2.21. The molecule has 0 spiro atoms. The molecular weight excluding hydrogens is 362 g/mol. The van der Waals surface area contributed by atoms with Gasteiger partial charge in [0.05, 0.1) is 13.2 Å². The Hall–Kier alpha value is -3.55. The van der Waals surface area contributed by atoms with Crippen LogP contribution in [0.4, 0.5) is 0 Å². The molecular formula is C20H23N3O5. The smallest absolute Gasteiger partial charge is 0.276 e. The summed E-state index contributed by atoms with van der Waals surface area (Å²) in [5.74, 6) is -0.246. The maximum absolute atomic E-state index is 12.0. The molecule has 2 aromatic rings. The molecule has 0 atom stereocenters. The molecule has 0 unspecified atom stereocenters. The van der Waals surface area contributed by atoms with E-state index in [0.29, 0.717) is 23.7 Å². The molecule has 0 bridgehead atoms. The van der Waals surface area contributed by atoms with Crippen LogP contribution in [0.3, 0.4) is 0 Å². The summed E-state index contributed by atoms with van der Waals surface area (Å²) >= 11 is 0. The van der Waals surface area contributed by atoms with Gasteiger partial charge in [-0.25, -0.2) is 0 Å². The maximum atomic E-state index is 12.0. The Kier molecular flexibility index (Phi) is 7.83. The van der Waals surface area contributed by atoms with Crippen molar-refractivity contribution in [2.45, 2.75) is 13.8 Å². The summed E-state index contributed by atoms with van der Waals surface area (Å²) in [4.78, 5) is 35.5. The van der Waals surface area contributed by atoms with Crippen LogP contribution in [0.1, 0.15) is 22.8 Å². The minimum absolute atomic E-state index is 0.246. The molecule has 0 aliphatic carbocycles. The van der Waals surface area contributed by atoms with Crippen molar-refractivity contribution >= 4 is 17.7 Å². The number of hydrogen-bond acceptors (Lipinski definition) is 5. The molecule has 0 aromatic heterocycles. The number of ether oxygens (including phenoxy) is 2. The fourth-order valence-corrected chi connectivity index (χ4v) is 2.21. The lowest BCUT2D eigenvalue weighted by molar-refractivity contribution is -0.129. The quantitative estimate of drug-likeness (QED) is 0.595. The monoisotopic (exact) mass is 385 g/mol. The van der Waals surface area contributed by atoms with Crippen LogP contribution in [-0.4, -0.2) is 37.5 Å². The summed E-state index contributed by atoms with van der Waals surface area (Å²) in [7, 11) is 0. The minimum Gasteiger partial charge on any atom is -0.494 e. The Labute approximate surface area is 163 Å². The Morgan fingerprint density at radius 3 is 2.25 bits per heavy atom. The Balaban J connectivity index is 1.68. The highest BCUT2D eigenvalue weighted by molar-refractivity contribution is 5.96. The summed E-state index contributed by atoms with van der Waals surface area (Å²) in [5, 5.41) is 2.46. The molecule has 0 radical (unpaired) electrons. The molecule has 2 rings (SSSR count). The lowest BCUT2D eigenvalue weighted by Gasteiger charge is -2.10. The Bertz CT molecular complexity index is 821. The van der Waals surface area contributed by atoms with E-state index in [1.165, 1.54) is 0 Å². The number of amides is 3. The molecule has 28 heavy (non-hydrogen) atoms. The highest BCUT2D eigenvalue weighted by Crippen LogP contribution is 2.15. The van der Waals surface area contributed by atoms with E-state index < -0.39 is 17.7 Å². The van der Waals surface area contributed by atoms with Gasteiger partial charge in [0.15, 0.2) is 6.61 Å². The molecule has 2 aromatic carbocycles. The van der Waals surface area contributed by atoms with Crippen LogP contribution in [0.25, 0.3) is 0 Å². The minimum atomic E-state index is -0.566. The van der Waals surface area contributed by atoms with Crippen LogP contribution >= 0.6 is 0 Å². The zero-order valence-corrected chi connectivity index (χ0v) is 15.8. The van der Waals surface area contributed by atoms with E-state index in [1.807, 2.05) is 26.0 Å². The average Bonchev–Trinajstić information content (AvgIpc) is 2.70. The van der Waals surface area contributed by atoms with Gasteiger partial charge in [-0.15, -0.1) is 0 Å². The van der Waals surface area contributed by atoms with Gasteiger partial charge in [-0.05, 0) is 49.7 Å². The fraction of sp³-hybridized carbons (Fsp3) is 0.250. The molecule has 8 heteroatoms. The Morgan fingerprint density at radius 1 is 0.893 bits per heavy atom. The van der Waals surface area contributed by atoms with Crippen LogP contribution < -0.4 is 25.6 Å². The number of carbonyl (C=O) groups is 3. The van der Waals surface area contributed by atoms with Gasteiger partial charge in [-0.3, -0.25) is 25.2 Å². The van der Waals surface area contributed by atoms with Gasteiger partial charge in [0, 0.05) is 5.56 Å². The third-order valence-electron chi connectivity index (χ3n) is 3.63. The van der Waals surface area contributed by atoms with E-state index in [9.17, 15) is 14.4 Å². The lowest BCUT2D eigenvalue weighted by Crippen LogP contribution is -2.47. The first kappa shape index (κ1) is 20.8.